The molecule has 0 aliphatic carbocycles. The lowest BCUT2D eigenvalue weighted by atomic mass is 9.93. The highest BCUT2D eigenvalue weighted by Gasteiger charge is 2.15. The van der Waals surface area contributed by atoms with Crippen molar-refractivity contribution in [1.82, 2.24) is 5.32 Å². The van der Waals surface area contributed by atoms with Crippen LogP contribution in [0.4, 0.5) is 0 Å². The molecule has 1 N–H and O–H groups in total. The molecule has 0 radical (unpaired) electrons. The summed E-state index contributed by atoms with van der Waals surface area (Å²) in [5.41, 5.74) is 0. The van der Waals surface area contributed by atoms with Crippen LogP contribution in [0, 0.1) is 5.92 Å². The molecular formula is C13H25NO3S. The average molecular weight is 275 g/mol. The zero-order valence-electron chi connectivity index (χ0n) is 11.3. The van der Waals surface area contributed by atoms with Crippen LogP contribution in [0.15, 0.2) is 0 Å². The molecule has 1 heterocycles. The van der Waals surface area contributed by atoms with E-state index in [1.54, 1.807) is 6.92 Å². The van der Waals surface area contributed by atoms with Gasteiger partial charge in [0.05, 0.1) is 5.75 Å². The number of piperidine rings is 1. The monoisotopic (exact) mass is 275 g/mol. The number of sulfone groups is 1. The minimum atomic E-state index is -2.91. The van der Waals surface area contributed by atoms with Crippen molar-refractivity contribution in [2.75, 3.05) is 24.6 Å². The first-order valence-corrected chi connectivity index (χ1v) is 8.78. The van der Waals surface area contributed by atoms with Crippen molar-refractivity contribution in [3.05, 3.63) is 0 Å². The number of ketones is 1. The van der Waals surface area contributed by atoms with Gasteiger partial charge < -0.3 is 5.32 Å². The van der Waals surface area contributed by atoms with E-state index in [1.807, 2.05) is 0 Å². The molecule has 1 rings (SSSR count). The summed E-state index contributed by atoms with van der Waals surface area (Å²) in [7, 11) is -2.91. The number of hydrogen-bond donors (Lipinski definition) is 1. The van der Waals surface area contributed by atoms with Gasteiger partial charge in [-0.2, -0.15) is 0 Å². The molecular weight excluding hydrogens is 250 g/mol. The number of carbonyl (C=O) groups excluding carboxylic acids is 1. The molecule has 1 fully saturated rings. The summed E-state index contributed by atoms with van der Waals surface area (Å²) in [6.45, 7) is 3.77. The summed E-state index contributed by atoms with van der Waals surface area (Å²) >= 11 is 0. The van der Waals surface area contributed by atoms with E-state index in [-0.39, 0.29) is 17.3 Å². The van der Waals surface area contributed by atoms with E-state index in [1.165, 1.54) is 12.8 Å². The third-order valence-electron chi connectivity index (χ3n) is 3.58. The van der Waals surface area contributed by atoms with Gasteiger partial charge in [-0.3, -0.25) is 4.79 Å². The van der Waals surface area contributed by atoms with Crippen molar-refractivity contribution in [2.24, 2.45) is 5.92 Å². The minimum Gasteiger partial charge on any atom is -0.316 e. The Morgan fingerprint density at radius 1 is 1.33 bits per heavy atom. The third kappa shape index (κ3) is 6.50. The smallest absolute Gasteiger partial charge is 0.150 e. The Morgan fingerprint density at radius 2 is 2.11 bits per heavy atom. The second kappa shape index (κ2) is 7.89. The fraction of sp³-hybridized carbons (Fsp3) is 0.923. The van der Waals surface area contributed by atoms with Crippen molar-refractivity contribution in [3.63, 3.8) is 0 Å². The van der Waals surface area contributed by atoms with Crippen LogP contribution >= 0.6 is 0 Å². The van der Waals surface area contributed by atoms with E-state index >= 15 is 0 Å². The summed E-state index contributed by atoms with van der Waals surface area (Å²) in [6.07, 6.45) is 4.88. The Labute approximate surface area is 110 Å². The zero-order valence-corrected chi connectivity index (χ0v) is 12.1. The Bertz CT molecular complexity index is 345. The van der Waals surface area contributed by atoms with Crippen molar-refractivity contribution < 1.29 is 13.2 Å². The van der Waals surface area contributed by atoms with Crippen LogP contribution in [0.2, 0.25) is 0 Å². The number of Topliss-reactive ketones (excluding diaryl/α,β-unsaturated/α-hetero) is 1. The molecule has 1 saturated heterocycles. The van der Waals surface area contributed by atoms with E-state index in [0.717, 1.165) is 19.5 Å². The normalized spacial score (nSPS) is 20.8. The summed E-state index contributed by atoms with van der Waals surface area (Å²) in [4.78, 5) is 11.6. The maximum Gasteiger partial charge on any atom is 0.150 e. The summed E-state index contributed by atoms with van der Waals surface area (Å²) in [5, 5.41) is 3.34. The van der Waals surface area contributed by atoms with Crippen LogP contribution in [0.3, 0.4) is 0 Å². The highest BCUT2D eigenvalue weighted by atomic mass is 32.2. The van der Waals surface area contributed by atoms with Crippen molar-refractivity contribution in [2.45, 2.75) is 45.4 Å². The highest BCUT2D eigenvalue weighted by molar-refractivity contribution is 7.91. The molecule has 0 aromatic heterocycles. The lowest BCUT2D eigenvalue weighted by Crippen LogP contribution is -2.30. The molecule has 0 spiro atoms. The van der Waals surface area contributed by atoms with E-state index in [4.69, 9.17) is 0 Å². The first-order chi connectivity index (χ1) is 8.53. The van der Waals surface area contributed by atoms with Crippen LogP contribution in [0.1, 0.15) is 45.4 Å². The molecule has 18 heavy (non-hydrogen) atoms. The lowest BCUT2D eigenvalue weighted by molar-refractivity contribution is -0.119. The Morgan fingerprint density at radius 3 is 2.72 bits per heavy atom. The molecule has 0 bridgehead atoms. The van der Waals surface area contributed by atoms with Gasteiger partial charge in [0.25, 0.3) is 0 Å². The molecule has 0 aromatic carbocycles. The molecule has 4 nitrogen and oxygen atoms in total. The van der Waals surface area contributed by atoms with Crippen LogP contribution < -0.4 is 5.32 Å². The number of carbonyl (C=O) groups is 1. The lowest BCUT2D eigenvalue weighted by Gasteiger charge is -2.22. The van der Waals surface area contributed by atoms with Gasteiger partial charge in [-0.15, -0.1) is 0 Å². The van der Waals surface area contributed by atoms with Gasteiger partial charge in [-0.25, -0.2) is 8.42 Å². The maximum atomic E-state index is 11.6. The fourth-order valence-electron chi connectivity index (χ4n) is 2.29. The summed E-state index contributed by atoms with van der Waals surface area (Å²) < 4.78 is 22.5. The molecule has 106 valence electrons. The first-order valence-electron chi connectivity index (χ1n) is 6.96. The summed E-state index contributed by atoms with van der Waals surface area (Å²) in [6, 6.07) is 0. The van der Waals surface area contributed by atoms with Gasteiger partial charge in [0.1, 0.15) is 15.6 Å². The maximum absolute atomic E-state index is 11.6. The van der Waals surface area contributed by atoms with Gasteiger partial charge in [0, 0.05) is 18.6 Å². The number of nitrogens with one attached hydrogen (secondary N) is 1. The Hall–Kier alpha value is -0.420. The van der Waals surface area contributed by atoms with Gasteiger partial charge in [-0.1, -0.05) is 6.92 Å². The van der Waals surface area contributed by atoms with Gasteiger partial charge in [-0.05, 0) is 44.7 Å². The van der Waals surface area contributed by atoms with Crippen LogP contribution in [-0.4, -0.2) is 38.8 Å². The predicted molar refractivity (Wildman–Crippen MR) is 73.4 cm³/mol. The largest absolute Gasteiger partial charge is 0.316 e. The van der Waals surface area contributed by atoms with Crippen molar-refractivity contribution >= 4 is 15.6 Å². The first kappa shape index (κ1) is 15.6. The van der Waals surface area contributed by atoms with Crippen molar-refractivity contribution in [3.8, 4) is 0 Å². The van der Waals surface area contributed by atoms with E-state index in [9.17, 15) is 13.2 Å². The number of rotatable bonds is 8. The minimum absolute atomic E-state index is 0.153. The zero-order chi connectivity index (χ0) is 13.4. The van der Waals surface area contributed by atoms with Gasteiger partial charge in [0.2, 0.25) is 0 Å². The van der Waals surface area contributed by atoms with Crippen LogP contribution in [0.5, 0.6) is 0 Å². The standard InChI is InChI=1S/C13H25NO3S/c1-2-18(16,17)10-4-6-13(15)8-7-12-5-3-9-14-11-12/h12,14H,2-11H2,1H3. The topological polar surface area (TPSA) is 63.2 Å². The number of hydrogen-bond acceptors (Lipinski definition) is 4. The molecule has 0 saturated carbocycles. The quantitative estimate of drug-likeness (QED) is 0.730. The van der Waals surface area contributed by atoms with E-state index in [0.29, 0.717) is 25.2 Å². The van der Waals surface area contributed by atoms with Gasteiger partial charge >= 0.3 is 0 Å². The SMILES string of the molecule is CCS(=O)(=O)CCCC(=O)CCC1CCCNC1. The molecule has 0 amide bonds. The Kier molecular flexibility index (Phi) is 6.86. The summed E-state index contributed by atoms with van der Waals surface area (Å²) in [5.74, 6) is 1.17. The molecule has 1 aliphatic heterocycles. The van der Waals surface area contributed by atoms with Gasteiger partial charge in [0.15, 0.2) is 0 Å². The van der Waals surface area contributed by atoms with Crippen molar-refractivity contribution in [1.29, 1.82) is 0 Å². The van der Waals surface area contributed by atoms with E-state index < -0.39 is 9.84 Å². The molecule has 1 unspecified atom stereocenters. The van der Waals surface area contributed by atoms with Crippen LogP contribution in [0.25, 0.3) is 0 Å². The second-order valence-electron chi connectivity index (χ2n) is 5.13. The molecule has 0 aromatic rings. The van der Waals surface area contributed by atoms with E-state index in [2.05, 4.69) is 5.32 Å². The molecule has 5 heteroatoms. The molecule has 1 atom stereocenters. The fourth-order valence-corrected chi connectivity index (χ4v) is 3.17. The molecule has 1 aliphatic rings. The average Bonchev–Trinajstić information content (AvgIpc) is 2.37. The third-order valence-corrected chi connectivity index (χ3v) is 5.37. The predicted octanol–water partition coefficient (Wildman–Crippen LogP) is 1.55. The Balaban J connectivity index is 2.10. The second-order valence-corrected chi connectivity index (χ2v) is 7.60. The highest BCUT2D eigenvalue weighted by Crippen LogP contribution is 2.16. The van der Waals surface area contributed by atoms with Crippen LogP contribution in [-0.2, 0) is 14.6 Å².